The highest BCUT2D eigenvalue weighted by Gasteiger charge is 2.21. The molecule has 31 heavy (non-hydrogen) atoms. The van der Waals surface area contributed by atoms with Crippen LogP contribution in [0.1, 0.15) is 12.5 Å². The number of methoxy groups -OCH3 is 3. The molecule has 9 nitrogen and oxygen atoms in total. The number of aliphatic imine (C=N–C) groups is 1. The molecule has 1 saturated heterocycles. The summed E-state index contributed by atoms with van der Waals surface area (Å²) >= 11 is 0. The van der Waals surface area contributed by atoms with E-state index in [-0.39, 0.29) is 35.5 Å². The van der Waals surface area contributed by atoms with Crippen molar-refractivity contribution in [2.75, 3.05) is 72.6 Å². The molecule has 1 aromatic rings. The molecule has 11 heteroatoms. The molecule has 0 amide bonds. The lowest BCUT2D eigenvalue weighted by Crippen LogP contribution is -2.52. The third-order valence-corrected chi connectivity index (χ3v) is 6.86. The molecule has 0 bridgehead atoms. The van der Waals surface area contributed by atoms with E-state index in [0.717, 1.165) is 44.2 Å². The number of nitrogens with zero attached hydrogens (tertiary/aromatic N) is 3. The van der Waals surface area contributed by atoms with Crippen molar-refractivity contribution in [1.29, 1.82) is 0 Å². The molecule has 1 N–H and O–H groups in total. The van der Waals surface area contributed by atoms with Crippen LogP contribution >= 0.6 is 24.0 Å². The zero-order valence-corrected chi connectivity index (χ0v) is 22.2. The second kappa shape index (κ2) is 13.2. The second-order valence-corrected chi connectivity index (χ2v) is 9.48. The van der Waals surface area contributed by atoms with Crippen LogP contribution in [0.25, 0.3) is 0 Å². The Labute approximate surface area is 203 Å². The zero-order valence-electron chi connectivity index (χ0n) is 19.0. The Kier molecular flexibility index (Phi) is 11.7. The first-order valence-electron chi connectivity index (χ1n) is 10.0. The summed E-state index contributed by atoms with van der Waals surface area (Å²) in [6.07, 6.45) is 0. The largest absolute Gasteiger partial charge is 0.493 e. The van der Waals surface area contributed by atoms with Gasteiger partial charge in [-0.15, -0.1) is 24.0 Å². The smallest absolute Gasteiger partial charge is 0.203 e. The highest BCUT2D eigenvalue weighted by Crippen LogP contribution is 2.38. The number of halogens is 1. The quantitative estimate of drug-likeness (QED) is 0.271. The molecule has 1 fully saturated rings. The minimum Gasteiger partial charge on any atom is -0.493 e. The molecule has 0 saturated carbocycles. The van der Waals surface area contributed by atoms with Gasteiger partial charge in [0.2, 0.25) is 5.75 Å². The van der Waals surface area contributed by atoms with E-state index in [1.807, 2.05) is 12.1 Å². The van der Waals surface area contributed by atoms with Crippen LogP contribution in [0.4, 0.5) is 0 Å². The van der Waals surface area contributed by atoms with E-state index in [1.165, 1.54) is 0 Å². The fourth-order valence-electron chi connectivity index (χ4n) is 3.40. The highest BCUT2D eigenvalue weighted by molar-refractivity contribution is 14.0. The van der Waals surface area contributed by atoms with Gasteiger partial charge in [-0.2, -0.15) is 0 Å². The number of rotatable bonds is 9. The Morgan fingerprint density at radius 1 is 1.06 bits per heavy atom. The van der Waals surface area contributed by atoms with Gasteiger partial charge < -0.3 is 24.4 Å². The zero-order chi connectivity index (χ0) is 22.1. The Morgan fingerprint density at radius 2 is 1.65 bits per heavy atom. The van der Waals surface area contributed by atoms with Crippen LogP contribution in [0.15, 0.2) is 17.1 Å². The van der Waals surface area contributed by atoms with E-state index in [0.29, 0.717) is 23.8 Å². The maximum absolute atomic E-state index is 11.7. The van der Waals surface area contributed by atoms with Crippen LogP contribution in [-0.2, 0) is 16.4 Å². The summed E-state index contributed by atoms with van der Waals surface area (Å²) in [5.41, 5.74) is 1.09. The number of piperazine rings is 1. The summed E-state index contributed by atoms with van der Waals surface area (Å²) in [7, 11) is 3.56. The Hall–Kier alpha value is -1.47. The van der Waals surface area contributed by atoms with E-state index < -0.39 is 9.84 Å². The molecule has 0 aromatic heterocycles. The average molecular weight is 570 g/mol. The van der Waals surface area contributed by atoms with Crippen molar-refractivity contribution in [2.24, 2.45) is 4.99 Å². The lowest BCUT2D eigenvalue weighted by Gasteiger charge is -2.36. The van der Waals surface area contributed by atoms with E-state index in [2.05, 4.69) is 20.1 Å². The second-order valence-electron chi connectivity index (χ2n) is 7.01. The van der Waals surface area contributed by atoms with E-state index >= 15 is 0 Å². The van der Waals surface area contributed by atoms with Crippen molar-refractivity contribution in [3.8, 4) is 17.2 Å². The fraction of sp³-hybridized carbons (Fsp3) is 0.650. The first kappa shape index (κ1) is 27.6. The van der Waals surface area contributed by atoms with Crippen molar-refractivity contribution in [3.63, 3.8) is 0 Å². The molecular weight excluding hydrogens is 535 g/mol. The predicted octanol–water partition coefficient (Wildman–Crippen LogP) is 1.46. The van der Waals surface area contributed by atoms with Crippen molar-refractivity contribution in [2.45, 2.75) is 13.5 Å². The first-order chi connectivity index (χ1) is 14.4. The lowest BCUT2D eigenvalue weighted by molar-refractivity contribution is 0.172. The normalized spacial score (nSPS) is 15.3. The monoisotopic (exact) mass is 570 g/mol. The van der Waals surface area contributed by atoms with Crippen LogP contribution in [0, 0.1) is 0 Å². The van der Waals surface area contributed by atoms with Gasteiger partial charge in [-0.1, -0.05) is 6.92 Å². The summed E-state index contributed by atoms with van der Waals surface area (Å²) in [5, 5.41) is 3.17. The number of nitrogens with one attached hydrogen (secondary N) is 1. The maximum Gasteiger partial charge on any atom is 0.203 e. The molecule has 0 unspecified atom stereocenters. The SMILES string of the molecule is CCS(=O)(=O)CCNC(=NC)N1CCN(Cc2cc(OC)c(OC)c(OC)c2)CC1.I. The first-order valence-corrected chi connectivity index (χ1v) is 11.9. The maximum atomic E-state index is 11.7. The summed E-state index contributed by atoms with van der Waals surface area (Å²) in [4.78, 5) is 8.81. The molecular formula is C20H35IN4O5S. The molecule has 0 aliphatic carbocycles. The lowest BCUT2D eigenvalue weighted by atomic mass is 10.1. The van der Waals surface area contributed by atoms with Gasteiger partial charge >= 0.3 is 0 Å². The number of sulfone groups is 1. The molecule has 1 aromatic carbocycles. The van der Waals surface area contributed by atoms with Gasteiger partial charge in [0.05, 0.1) is 27.1 Å². The van der Waals surface area contributed by atoms with Gasteiger partial charge in [-0.05, 0) is 17.7 Å². The minimum atomic E-state index is -2.99. The summed E-state index contributed by atoms with van der Waals surface area (Å²) < 4.78 is 39.6. The number of hydrogen-bond acceptors (Lipinski definition) is 7. The van der Waals surface area contributed by atoms with Crippen molar-refractivity contribution < 1.29 is 22.6 Å². The molecule has 1 aliphatic rings. The van der Waals surface area contributed by atoms with Crippen molar-refractivity contribution >= 4 is 39.8 Å². The highest BCUT2D eigenvalue weighted by atomic mass is 127. The molecule has 2 rings (SSSR count). The number of guanidine groups is 1. The molecule has 178 valence electrons. The third kappa shape index (κ3) is 7.86. The number of hydrogen-bond donors (Lipinski definition) is 1. The van der Waals surface area contributed by atoms with Gasteiger partial charge in [0, 0.05) is 52.1 Å². The Bertz CT molecular complexity index is 802. The van der Waals surface area contributed by atoms with Crippen molar-refractivity contribution in [1.82, 2.24) is 15.1 Å². The van der Waals surface area contributed by atoms with Crippen molar-refractivity contribution in [3.05, 3.63) is 17.7 Å². The van der Waals surface area contributed by atoms with Crippen LogP contribution in [-0.4, -0.2) is 96.8 Å². The third-order valence-electron chi connectivity index (χ3n) is 5.15. The number of ether oxygens (including phenoxy) is 3. The molecule has 0 radical (unpaired) electrons. The van der Waals surface area contributed by atoms with Gasteiger partial charge in [-0.3, -0.25) is 9.89 Å². The summed E-state index contributed by atoms with van der Waals surface area (Å²) in [6.45, 7) is 6.15. The van der Waals surface area contributed by atoms with Gasteiger partial charge in [0.15, 0.2) is 27.3 Å². The molecule has 1 heterocycles. The van der Waals surface area contributed by atoms with Gasteiger partial charge in [0.25, 0.3) is 0 Å². The van der Waals surface area contributed by atoms with Gasteiger partial charge in [-0.25, -0.2) is 8.42 Å². The Morgan fingerprint density at radius 3 is 2.10 bits per heavy atom. The van der Waals surface area contributed by atoms with Crippen LogP contribution in [0.5, 0.6) is 17.2 Å². The summed E-state index contributed by atoms with van der Waals surface area (Å²) in [6, 6.07) is 3.95. The van der Waals surface area contributed by atoms with E-state index in [9.17, 15) is 8.42 Å². The standard InChI is InChI=1S/C20H34N4O5S.HI/c1-6-30(25,26)12-7-22-20(21-2)24-10-8-23(9-11-24)15-16-13-17(27-3)19(29-5)18(14-16)28-4;/h13-14H,6-12,15H2,1-5H3,(H,21,22);1H. The van der Waals surface area contributed by atoms with Crippen LogP contribution < -0.4 is 19.5 Å². The Balaban J connectivity index is 0.00000480. The minimum absolute atomic E-state index is 0. The number of benzene rings is 1. The van der Waals surface area contributed by atoms with Crippen LogP contribution in [0.3, 0.4) is 0 Å². The average Bonchev–Trinajstić information content (AvgIpc) is 2.76. The molecule has 1 aliphatic heterocycles. The molecule has 0 spiro atoms. The van der Waals surface area contributed by atoms with Crippen LogP contribution in [0.2, 0.25) is 0 Å². The van der Waals surface area contributed by atoms with Gasteiger partial charge in [0.1, 0.15) is 0 Å². The van der Waals surface area contributed by atoms with E-state index in [1.54, 1.807) is 35.3 Å². The van der Waals surface area contributed by atoms with E-state index in [4.69, 9.17) is 14.2 Å². The molecule has 0 atom stereocenters. The summed E-state index contributed by atoms with van der Waals surface area (Å²) in [5.74, 6) is 2.91. The fourth-order valence-corrected chi connectivity index (χ4v) is 4.10. The predicted molar refractivity (Wildman–Crippen MR) is 134 cm³/mol. The topological polar surface area (TPSA) is 92.7 Å².